The quantitative estimate of drug-likeness (QED) is 0.831. The maximum absolute atomic E-state index is 12.4. The van der Waals surface area contributed by atoms with E-state index in [1.165, 1.54) is 5.69 Å². The highest BCUT2D eigenvalue weighted by molar-refractivity contribution is 5.77. The summed E-state index contributed by atoms with van der Waals surface area (Å²) in [5.74, 6) is 0.274. The lowest BCUT2D eigenvalue weighted by atomic mass is 10.1. The molecule has 1 saturated heterocycles. The molecular weight excluding hydrogens is 254 g/mol. The number of aromatic nitrogens is 1. The van der Waals surface area contributed by atoms with Crippen LogP contribution in [0.2, 0.25) is 0 Å². The Balaban J connectivity index is 1.55. The van der Waals surface area contributed by atoms with E-state index in [-0.39, 0.29) is 11.9 Å². The lowest BCUT2D eigenvalue weighted by Crippen LogP contribution is -2.43. The molecule has 1 atom stereocenters. The zero-order valence-corrected chi connectivity index (χ0v) is 12.1. The van der Waals surface area contributed by atoms with E-state index in [1.54, 1.807) is 0 Å². The third-order valence-corrected chi connectivity index (χ3v) is 4.41. The largest absolute Gasteiger partial charge is 0.379 e. The van der Waals surface area contributed by atoms with Gasteiger partial charge in [0.05, 0.1) is 19.3 Å². The molecule has 3 heterocycles. The molecule has 1 fully saturated rings. The van der Waals surface area contributed by atoms with Crippen LogP contribution in [0.4, 0.5) is 0 Å². The van der Waals surface area contributed by atoms with Crippen molar-refractivity contribution in [2.24, 2.45) is 0 Å². The van der Waals surface area contributed by atoms with Gasteiger partial charge in [0, 0.05) is 51.0 Å². The summed E-state index contributed by atoms with van der Waals surface area (Å²) in [5, 5.41) is 0. The number of carbonyl (C=O) groups excluding carboxylic acids is 1. The number of ether oxygens (including phenoxy) is 1. The Labute approximate surface area is 120 Å². The predicted molar refractivity (Wildman–Crippen MR) is 76.4 cm³/mol. The van der Waals surface area contributed by atoms with E-state index < -0.39 is 0 Å². The van der Waals surface area contributed by atoms with Crippen molar-refractivity contribution in [1.29, 1.82) is 0 Å². The molecule has 0 aliphatic carbocycles. The normalized spacial score (nSPS) is 23.6. The number of rotatable bonds is 3. The fourth-order valence-corrected chi connectivity index (χ4v) is 3.14. The Bertz CT molecular complexity index is 465. The van der Waals surface area contributed by atoms with Crippen LogP contribution < -0.4 is 0 Å². The van der Waals surface area contributed by atoms with E-state index >= 15 is 0 Å². The van der Waals surface area contributed by atoms with Gasteiger partial charge in [0.2, 0.25) is 5.91 Å². The van der Waals surface area contributed by atoms with Gasteiger partial charge >= 0.3 is 0 Å². The third kappa shape index (κ3) is 2.74. The molecule has 3 rings (SSSR count). The van der Waals surface area contributed by atoms with Crippen LogP contribution in [0.3, 0.4) is 0 Å². The fraction of sp³-hybridized carbons (Fsp3) is 0.667. The summed E-state index contributed by atoms with van der Waals surface area (Å²) in [4.78, 5) is 16.8. The maximum atomic E-state index is 12.4. The first-order valence-electron chi connectivity index (χ1n) is 7.50. The van der Waals surface area contributed by atoms with Crippen molar-refractivity contribution in [3.05, 3.63) is 24.0 Å². The lowest BCUT2D eigenvalue weighted by Gasteiger charge is -2.35. The predicted octanol–water partition coefficient (Wildman–Crippen LogP) is 1.11. The van der Waals surface area contributed by atoms with Crippen molar-refractivity contribution in [2.75, 3.05) is 39.4 Å². The highest BCUT2D eigenvalue weighted by Crippen LogP contribution is 2.25. The van der Waals surface area contributed by atoms with Crippen molar-refractivity contribution < 1.29 is 9.53 Å². The van der Waals surface area contributed by atoms with Gasteiger partial charge in [-0.1, -0.05) is 0 Å². The molecule has 5 nitrogen and oxygen atoms in total. The first-order valence-corrected chi connectivity index (χ1v) is 7.50. The maximum Gasteiger partial charge on any atom is 0.224 e. The SMILES string of the molecule is C[C@H]1c2cccn2CCN1C(=O)CCN1CCOCC1. The Kier molecular flexibility index (Phi) is 4.08. The van der Waals surface area contributed by atoms with Crippen LogP contribution in [0.5, 0.6) is 0 Å². The van der Waals surface area contributed by atoms with Gasteiger partial charge in [0.1, 0.15) is 0 Å². The summed E-state index contributed by atoms with van der Waals surface area (Å²) in [7, 11) is 0. The Morgan fingerprint density at radius 3 is 2.90 bits per heavy atom. The van der Waals surface area contributed by atoms with E-state index in [0.29, 0.717) is 6.42 Å². The molecule has 0 radical (unpaired) electrons. The third-order valence-electron chi connectivity index (χ3n) is 4.41. The van der Waals surface area contributed by atoms with E-state index in [0.717, 1.165) is 45.9 Å². The highest BCUT2D eigenvalue weighted by Gasteiger charge is 2.27. The molecule has 0 spiro atoms. The number of hydrogen-bond acceptors (Lipinski definition) is 3. The summed E-state index contributed by atoms with van der Waals surface area (Å²) in [6, 6.07) is 4.37. The van der Waals surface area contributed by atoms with Crippen molar-refractivity contribution in [3.8, 4) is 0 Å². The topological polar surface area (TPSA) is 37.7 Å². The van der Waals surface area contributed by atoms with Crippen LogP contribution in [-0.4, -0.2) is 59.7 Å². The molecule has 1 aromatic rings. The van der Waals surface area contributed by atoms with Crippen LogP contribution in [0.25, 0.3) is 0 Å². The van der Waals surface area contributed by atoms with E-state index in [2.05, 4.69) is 34.7 Å². The van der Waals surface area contributed by atoms with Gasteiger partial charge in [0.15, 0.2) is 0 Å². The zero-order chi connectivity index (χ0) is 13.9. The van der Waals surface area contributed by atoms with Crippen molar-refractivity contribution >= 4 is 5.91 Å². The van der Waals surface area contributed by atoms with Crippen LogP contribution >= 0.6 is 0 Å². The second-order valence-electron chi connectivity index (χ2n) is 5.59. The fourth-order valence-electron chi connectivity index (χ4n) is 3.14. The Morgan fingerprint density at radius 2 is 2.10 bits per heavy atom. The smallest absolute Gasteiger partial charge is 0.224 e. The van der Waals surface area contributed by atoms with Crippen molar-refractivity contribution in [2.45, 2.75) is 25.9 Å². The number of carbonyl (C=O) groups is 1. The minimum Gasteiger partial charge on any atom is -0.379 e. The van der Waals surface area contributed by atoms with E-state index in [1.807, 2.05) is 4.90 Å². The van der Waals surface area contributed by atoms with Gasteiger partial charge in [-0.05, 0) is 19.1 Å². The van der Waals surface area contributed by atoms with Gasteiger partial charge in [-0.25, -0.2) is 0 Å². The molecule has 0 saturated carbocycles. The van der Waals surface area contributed by atoms with Crippen LogP contribution in [0.1, 0.15) is 25.1 Å². The first-order chi connectivity index (χ1) is 9.75. The molecule has 5 heteroatoms. The zero-order valence-electron chi connectivity index (χ0n) is 12.1. The number of amides is 1. The second kappa shape index (κ2) is 5.97. The molecule has 2 aliphatic heterocycles. The van der Waals surface area contributed by atoms with Gasteiger partial charge in [-0.3, -0.25) is 9.69 Å². The molecule has 0 aromatic carbocycles. The monoisotopic (exact) mass is 277 g/mol. The summed E-state index contributed by atoms with van der Waals surface area (Å²) < 4.78 is 7.58. The highest BCUT2D eigenvalue weighted by atomic mass is 16.5. The van der Waals surface area contributed by atoms with Crippen LogP contribution in [0, 0.1) is 0 Å². The molecule has 1 amide bonds. The summed E-state index contributed by atoms with van der Waals surface area (Å²) in [6.07, 6.45) is 2.71. The number of fused-ring (bicyclic) bond motifs is 1. The molecular formula is C15H23N3O2. The molecule has 2 aliphatic rings. The van der Waals surface area contributed by atoms with Crippen LogP contribution in [-0.2, 0) is 16.1 Å². The van der Waals surface area contributed by atoms with E-state index in [9.17, 15) is 4.79 Å². The van der Waals surface area contributed by atoms with Crippen molar-refractivity contribution in [3.63, 3.8) is 0 Å². The number of morpholine rings is 1. The first kappa shape index (κ1) is 13.6. The standard InChI is InChI=1S/C15H23N3O2/c1-13-14-3-2-5-17(14)7-8-18(13)15(19)4-6-16-9-11-20-12-10-16/h2-3,5,13H,4,6-12H2,1H3/t13-/m0/s1. The molecule has 20 heavy (non-hydrogen) atoms. The number of hydrogen-bond donors (Lipinski definition) is 0. The van der Waals surface area contributed by atoms with Gasteiger partial charge in [-0.2, -0.15) is 0 Å². The summed E-state index contributed by atoms with van der Waals surface area (Å²) >= 11 is 0. The average molecular weight is 277 g/mol. The Morgan fingerprint density at radius 1 is 1.30 bits per heavy atom. The van der Waals surface area contributed by atoms with Gasteiger partial charge < -0.3 is 14.2 Å². The van der Waals surface area contributed by atoms with Crippen LogP contribution in [0.15, 0.2) is 18.3 Å². The van der Waals surface area contributed by atoms with Crippen molar-refractivity contribution in [1.82, 2.24) is 14.4 Å². The lowest BCUT2D eigenvalue weighted by molar-refractivity contribution is -0.135. The molecule has 1 aromatic heterocycles. The summed E-state index contributed by atoms with van der Waals surface area (Å²) in [6.45, 7) is 8.20. The average Bonchev–Trinajstić information content (AvgIpc) is 2.96. The molecule has 0 N–H and O–H groups in total. The molecule has 0 bridgehead atoms. The van der Waals surface area contributed by atoms with E-state index in [4.69, 9.17) is 4.74 Å². The minimum absolute atomic E-state index is 0.191. The minimum atomic E-state index is 0.191. The summed E-state index contributed by atoms with van der Waals surface area (Å²) in [5.41, 5.74) is 1.25. The number of nitrogens with zero attached hydrogens (tertiary/aromatic N) is 3. The second-order valence-corrected chi connectivity index (χ2v) is 5.59. The van der Waals surface area contributed by atoms with Gasteiger partial charge in [-0.15, -0.1) is 0 Å². The molecule has 110 valence electrons. The Hall–Kier alpha value is -1.33. The van der Waals surface area contributed by atoms with Gasteiger partial charge in [0.25, 0.3) is 0 Å². The molecule has 0 unspecified atom stereocenters.